The highest BCUT2D eigenvalue weighted by Crippen LogP contribution is 2.27. The number of carbonyl (C=O) groups is 1. The van der Waals surface area contributed by atoms with Gasteiger partial charge in [-0.25, -0.2) is 4.98 Å². The number of rotatable bonds is 3. The fourth-order valence-electron chi connectivity index (χ4n) is 2.21. The molecule has 3 heterocycles. The van der Waals surface area contributed by atoms with Crippen molar-refractivity contribution >= 4 is 33.8 Å². The first-order valence-electron chi connectivity index (χ1n) is 6.50. The van der Waals surface area contributed by atoms with Crippen LogP contribution in [-0.4, -0.2) is 31.3 Å². The third kappa shape index (κ3) is 2.06. The van der Waals surface area contributed by atoms with Crippen LogP contribution in [0.25, 0.3) is 21.6 Å². The molecule has 1 aromatic carbocycles. The highest BCUT2D eigenvalue weighted by Gasteiger charge is 2.17. The van der Waals surface area contributed by atoms with E-state index in [9.17, 15) is 4.79 Å². The van der Waals surface area contributed by atoms with Gasteiger partial charge in [-0.1, -0.05) is 18.2 Å². The van der Waals surface area contributed by atoms with Crippen LogP contribution in [0.4, 0.5) is 5.69 Å². The van der Waals surface area contributed by atoms with E-state index in [1.807, 2.05) is 29.6 Å². The van der Waals surface area contributed by atoms with E-state index in [0.29, 0.717) is 17.1 Å². The van der Waals surface area contributed by atoms with E-state index in [1.54, 1.807) is 12.4 Å². The highest BCUT2D eigenvalue weighted by molar-refractivity contribution is 7.13. The van der Waals surface area contributed by atoms with E-state index in [-0.39, 0.29) is 5.91 Å². The highest BCUT2D eigenvalue weighted by atomic mass is 32.1. The Hall–Kier alpha value is -3.00. The van der Waals surface area contributed by atoms with Crippen LogP contribution in [0.2, 0.25) is 0 Å². The average molecular weight is 310 g/mol. The number of hydrogen-bond acceptors (Lipinski definition) is 5. The smallest absolute Gasteiger partial charge is 0.276 e. The van der Waals surface area contributed by atoms with Crippen molar-refractivity contribution in [2.45, 2.75) is 0 Å². The van der Waals surface area contributed by atoms with Crippen molar-refractivity contribution in [3.8, 4) is 10.7 Å². The Bertz CT molecular complexity index is 939. The SMILES string of the molecule is O=C(Nc1cn[nH]c1-c1nccs1)c1n[nH]c2ccccc12. The lowest BCUT2D eigenvalue weighted by Crippen LogP contribution is -2.13. The molecule has 22 heavy (non-hydrogen) atoms. The maximum Gasteiger partial charge on any atom is 0.276 e. The second kappa shape index (κ2) is 5.08. The number of hydrogen-bond donors (Lipinski definition) is 3. The molecule has 4 aromatic rings. The third-order valence-corrected chi connectivity index (χ3v) is 4.01. The van der Waals surface area contributed by atoms with Gasteiger partial charge in [-0.3, -0.25) is 15.0 Å². The Labute approximate surface area is 128 Å². The molecule has 0 radical (unpaired) electrons. The summed E-state index contributed by atoms with van der Waals surface area (Å²) < 4.78 is 0. The zero-order chi connectivity index (χ0) is 14.9. The molecule has 0 saturated heterocycles. The van der Waals surface area contributed by atoms with E-state index in [2.05, 4.69) is 30.7 Å². The van der Waals surface area contributed by atoms with Gasteiger partial charge in [0.2, 0.25) is 0 Å². The average Bonchev–Trinajstić information content (AvgIpc) is 3.27. The predicted octanol–water partition coefficient (Wildman–Crippen LogP) is 2.66. The summed E-state index contributed by atoms with van der Waals surface area (Å²) in [5.41, 5.74) is 2.43. The van der Waals surface area contributed by atoms with Crippen LogP contribution >= 0.6 is 11.3 Å². The number of carbonyl (C=O) groups excluding carboxylic acids is 1. The predicted molar refractivity (Wildman–Crippen MR) is 83.7 cm³/mol. The zero-order valence-electron chi connectivity index (χ0n) is 11.2. The fourth-order valence-corrected chi connectivity index (χ4v) is 2.85. The van der Waals surface area contributed by atoms with Crippen LogP contribution in [-0.2, 0) is 0 Å². The summed E-state index contributed by atoms with van der Waals surface area (Å²) in [5.74, 6) is -0.295. The van der Waals surface area contributed by atoms with Crippen LogP contribution in [0, 0.1) is 0 Å². The van der Waals surface area contributed by atoms with E-state index in [4.69, 9.17) is 0 Å². The van der Waals surface area contributed by atoms with Crippen LogP contribution < -0.4 is 5.32 Å². The Morgan fingerprint density at radius 3 is 3.00 bits per heavy atom. The van der Waals surface area contributed by atoms with Crippen molar-refractivity contribution in [2.24, 2.45) is 0 Å². The molecule has 3 N–H and O–H groups in total. The summed E-state index contributed by atoms with van der Waals surface area (Å²) in [4.78, 5) is 16.7. The first-order valence-corrected chi connectivity index (χ1v) is 7.38. The monoisotopic (exact) mass is 310 g/mol. The van der Waals surface area contributed by atoms with Crippen molar-refractivity contribution in [2.75, 3.05) is 5.32 Å². The van der Waals surface area contributed by atoms with Gasteiger partial charge >= 0.3 is 0 Å². The summed E-state index contributed by atoms with van der Waals surface area (Å²) in [5, 5.41) is 20.0. The van der Waals surface area contributed by atoms with Crippen LogP contribution in [0.15, 0.2) is 42.0 Å². The Kier molecular flexibility index (Phi) is 2.94. The number of aromatic amines is 2. The number of H-pyrrole nitrogens is 2. The number of para-hydroxylation sites is 1. The van der Waals surface area contributed by atoms with Gasteiger partial charge in [-0.2, -0.15) is 10.2 Å². The quantitative estimate of drug-likeness (QED) is 0.541. The maximum atomic E-state index is 12.5. The van der Waals surface area contributed by atoms with Gasteiger partial charge in [0, 0.05) is 17.0 Å². The molecular weight excluding hydrogens is 300 g/mol. The normalized spacial score (nSPS) is 10.9. The molecule has 0 fully saturated rings. The number of anilines is 1. The van der Waals surface area contributed by atoms with Gasteiger partial charge in [0.25, 0.3) is 5.91 Å². The number of thiazole rings is 1. The minimum atomic E-state index is -0.295. The molecule has 0 aliphatic carbocycles. The summed E-state index contributed by atoms with van der Waals surface area (Å²) in [6.45, 7) is 0. The molecule has 0 aliphatic rings. The summed E-state index contributed by atoms with van der Waals surface area (Å²) in [7, 11) is 0. The molecule has 7 nitrogen and oxygen atoms in total. The van der Waals surface area contributed by atoms with Crippen LogP contribution in [0.1, 0.15) is 10.5 Å². The van der Waals surface area contributed by atoms with Crippen LogP contribution in [0.3, 0.4) is 0 Å². The number of benzene rings is 1. The zero-order valence-corrected chi connectivity index (χ0v) is 12.0. The molecule has 0 spiro atoms. The number of aromatic nitrogens is 5. The van der Waals surface area contributed by atoms with Gasteiger partial charge in [-0.15, -0.1) is 11.3 Å². The molecule has 0 aliphatic heterocycles. The fraction of sp³-hybridized carbons (Fsp3) is 0. The minimum Gasteiger partial charge on any atom is -0.317 e. The van der Waals surface area contributed by atoms with Crippen molar-refractivity contribution in [3.05, 3.63) is 47.7 Å². The maximum absolute atomic E-state index is 12.5. The molecule has 0 saturated carbocycles. The lowest BCUT2D eigenvalue weighted by Gasteiger charge is -2.02. The summed E-state index contributed by atoms with van der Waals surface area (Å²) >= 11 is 1.47. The minimum absolute atomic E-state index is 0.295. The van der Waals surface area contributed by atoms with Crippen molar-refractivity contribution in [1.82, 2.24) is 25.4 Å². The Balaban J connectivity index is 1.67. The van der Waals surface area contributed by atoms with Crippen molar-refractivity contribution in [3.63, 3.8) is 0 Å². The molecule has 0 bridgehead atoms. The van der Waals surface area contributed by atoms with E-state index in [0.717, 1.165) is 15.9 Å². The number of fused-ring (bicyclic) bond motifs is 1. The molecule has 1 amide bonds. The Morgan fingerprint density at radius 1 is 1.23 bits per heavy atom. The lowest BCUT2D eigenvalue weighted by molar-refractivity contribution is 0.102. The number of nitrogens with one attached hydrogen (secondary N) is 3. The lowest BCUT2D eigenvalue weighted by atomic mass is 10.2. The van der Waals surface area contributed by atoms with Crippen LogP contribution in [0.5, 0.6) is 0 Å². The molecule has 108 valence electrons. The summed E-state index contributed by atoms with van der Waals surface area (Å²) in [6, 6.07) is 7.48. The first-order chi connectivity index (χ1) is 10.8. The van der Waals surface area contributed by atoms with Crippen molar-refractivity contribution < 1.29 is 4.79 Å². The van der Waals surface area contributed by atoms with E-state index >= 15 is 0 Å². The molecule has 8 heteroatoms. The van der Waals surface area contributed by atoms with Gasteiger partial charge in [0.1, 0.15) is 10.7 Å². The van der Waals surface area contributed by atoms with Crippen molar-refractivity contribution in [1.29, 1.82) is 0 Å². The first kappa shape index (κ1) is 12.7. The molecule has 0 unspecified atom stereocenters. The molecular formula is C14H10N6OS. The molecule has 0 atom stereocenters. The number of amides is 1. The molecule has 4 rings (SSSR count). The molecule has 3 aromatic heterocycles. The van der Waals surface area contributed by atoms with Gasteiger partial charge in [0.15, 0.2) is 5.69 Å². The van der Waals surface area contributed by atoms with Gasteiger partial charge < -0.3 is 5.32 Å². The van der Waals surface area contributed by atoms with Gasteiger partial charge in [-0.05, 0) is 6.07 Å². The summed E-state index contributed by atoms with van der Waals surface area (Å²) in [6.07, 6.45) is 3.26. The standard InChI is InChI=1S/C14H10N6OS/c21-13(11-8-3-1-2-4-9(8)18-20-11)17-10-7-16-19-12(10)14-15-5-6-22-14/h1-7H,(H,16,19)(H,17,21)(H,18,20). The third-order valence-electron chi connectivity index (χ3n) is 3.22. The Morgan fingerprint density at radius 2 is 2.14 bits per heavy atom. The second-order valence-electron chi connectivity index (χ2n) is 4.57. The second-order valence-corrected chi connectivity index (χ2v) is 5.46. The topological polar surface area (TPSA) is 99.3 Å². The van der Waals surface area contributed by atoms with Gasteiger partial charge in [0.05, 0.1) is 17.4 Å². The number of nitrogens with zero attached hydrogens (tertiary/aromatic N) is 3. The van der Waals surface area contributed by atoms with E-state index in [1.165, 1.54) is 11.3 Å². The largest absolute Gasteiger partial charge is 0.317 e. The van der Waals surface area contributed by atoms with E-state index < -0.39 is 0 Å².